The molecule has 92 valence electrons. The normalized spacial score (nSPS) is 12.8. The highest BCUT2D eigenvalue weighted by Gasteiger charge is 2.31. The van der Waals surface area contributed by atoms with Crippen molar-refractivity contribution in [3.63, 3.8) is 0 Å². The Morgan fingerprint density at radius 2 is 1.60 bits per heavy atom. The van der Waals surface area contributed by atoms with E-state index < -0.39 is 0 Å². The minimum Gasteiger partial charge on any atom is -0.394 e. The first-order chi connectivity index (χ1) is 6.95. The van der Waals surface area contributed by atoms with Gasteiger partial charge in [0.25, 0.3) is 0 Å². The molecule has 0 saturated carbocycles. The third-order valence-corrected chi connectivity index (χ3v) is 2.43. The molecule has 0 aromatic rings. The van der Waals surface area contributed by atoms with E-state index in [4.69, 9.17) is 15.6 Å². The Morgan fingerprint density at radius 1 is 1.13 bits per heavy atom. The van der Waals surface area contributed by atoms with Gasteiger partial charge in [-0.15, -0.1) is 0 Å². The molecule has 0 heterocycles. The number of hydrogen-bond donors (Lipinski definition) is 2. The van der Waals surface area contributed by atoms with Gasteiger partial charge in [-0.3, -0.25) is 0 Å². The number of ether oxygens (including phenoxy) is 1. The fourth-order valence-corrected chi connectivity index (χ4v) is 2.18. The number of nitrogens with two attached hydrogens (primary N) is 1. The second-order valence-corrected chi connectivity index (χ2v) is 5.16. The van der Waals surface area contributed by atoms with Crippen LogP contribution in [0.2, 0.25) is 0 Å². The minimum absolute atomic E-state index is 0.0674. The second-order valence-electron chi connectivity index (χ2n) is 5.16. The van der Waals surface area contributed by atoms with Crippen molar-refractivity contribution in [3.8, 4) is 0 Å². The molecule has 0 aromatic carbocycles. The highest BCUT2D eigenvalue weighted by atomic mass is 16.5. The van der Waals surface area contributed by atoms with Crippen LogP contribution in [-0.4, -0.2) is 30.5 Å². The molecule has 3 N–H and O–H groups in total. The predicted octanol–water partition coefficient (Wildman–Crippen LogP) is 1.79. The zero-order valence-corrected chi connectivity index (χ0v) is 10.6. The van der Waals surface area contributed by atoms with Crippen LogP contribution in [0.25, 0.3) is 0 Å². The maximum absolute atomic E-state index is 8.83. The van der Waals surface area contributed by atoms with Gasteiger partial charge in [-0.05, 0) is 24.7 Å². The lowest BCUT2D eigenvalue weighted by atomic mass is 9.85. The third kappa shape index (κ3) is 6.13. The van der Waals surface area contributed by atoms with Crippen LogP contribution in [0, 0.1) is 11.8 Å². The molecular formula is C12H27NO2. The molecule has 0 aromatic heterocycles. The molecule has 0 radical (unpaired) electrons. The zero-order chi connectivity index (χ0) is 11.9. The van der Waals surface area contributed by atoms with E-state index in [9.17, 15) is 0 Å². The average Bonchev–Trinajstić information content (AvgIpc) is 2.12. The minimum atomic E-state index is -0.245. The molecule has 0 unspecified atom stereocenters. The summed E-state index contributed by atoms with van der Waals surface area (Å²) in [5, 5.41) is 8.83. The molecule has 0 aliphatic carbocycles. The molecule has 3 heteroatoms. The van der Waals surface area contributed by atoms with Crippen molar-refractivity contribution in [2.45, 2.75) is 46.1 Å². The Hall–Kier alpha value is -0.120. The lowest BCUT2D eigenvalue weighted by Gasteiger charge is -2.35. The monoisotopic (exact) mass is 217 g/mol. The van der Waals surface area contributed by atoms with E-state index in [2.05, 4.69) is 27.7 Å². The van der Waals surface area contributed by atoms with E-state index in [1.54, 1.807) is 0 Å². The smallest absolute Gasteiger partial charge is 0.0810 e. The van der Waals surface area contributed by atoms with Crippen LogP contribution in [-0.2, 0) is 4.74 Å². The lowest BCUT2D eigenvalue weighted by Crippen LogP contribution is -2.44. The Morgan fingerprint density at radius 3 is 1.87 bits per heavy atom. The summed E-state index contributed by atoms with van der Waals surface area (Å²) < 4.78 is 5.77. The highest BCUT2D eigenvalue weighted by Crippen LogP contribution is 2.27. The Kier molecular flexibility index (Phi) is 7.14. The van der Waals surface area contributed by atoms with Gasteiger partial charge < -0.3 is 15.6 Å². The van der Waals surface area contributed by atoms with E-state index in [0.717, 1.165) is 12.8 Å². The molecule has 0 bridgehead atoms. The van der Waals surface area contributed by atoms with Crippen molar-refractivity contribution in [1.82, 2.24) is 0 Å². The molecule has 3 nitrogen and oxygen atoms in total. The summed E-state index contributed by atoms with van der Waals surface area (Å²) in [7, 11) is 0. The Bertz CT molecular complexity index is 148. The standard InChI is InChI=1S/C12H27NO2/c1-10(2)7-12(9-13,8-11(3)4)15-6-5-14/h10-11,14H,5-9,13H2,1-4H3. The fourth-order valence-electron chi connectivity index (χ4n) is 2.18. The molecule has 15 heavy (non-hydrogen) atoms. The van der Waals surface area contributed by atoms with Gasteiger partial charge in [0.15, 0.2) is 0 Å². The molecule has 0 fully saturated rings. The third-order valence-electron chi connectivity index (χ3n) is 2.43. The quantitative estimate of drug-likeness (QED) is 0.651. The summed E-state index contributed by atoms with van der Waals surface area (Å²) in [4.78, 5) is 0. The van der Waals surface area contributed by atoms with Gasteiger partial charge in [0, 0.05) is 6.54 Å². The van der Waals surface area contributed by atoms with Gasteiger partial charge in [0.1, 0.15) is 0 Å². The van der Waals surface area contributed by atoms with Crippen LogP contribution >= 0.6 is 0 Å². The number of hydrogen-bond acceptors (Lipinski definition) is 3. The number of rotatable bonds is 8. The van der Waals surface area contributed by atoms with Crippen LogP contribution in [0.4, 0.5) is 0 Å². The largest absolute Gasteiger partial charge is 0.394 e. The van der Waals surface area contributed by atoms with Gasteiger partial charge in [-0.25, -0.2) is 0 Å². The fraction of sp³-hybridized carbons (Fsp3) is 1.00. The van der Waals surface area contributed by atoms with Crippen molar-refractivity contribution in [1.29, 1.82) is 0 Å². The highest BCUT2D eigenvalue weighted by molar-refractivity contribution is 4.84. The van der Waals surface area contributed by atoms with E-state index in [-0.39, 0.29) is 12.2 Å². The van der Waals surface area contributed by atoms with Crippen molar-refractivity contribution in [3.05, 3.63) is 0 Å². The van der Waals surface area contributed by atoms with Crippen molar-refractivity contribution < 1.29 is 9.84 Å². The summed E-state index contributed by atoms with van der Waals surface area (Å²) >= 11 is 0. The first-order valence-electron chi connectivity index (χ1n) is 5.90. The SMILES string of the molecule is CC(C)CC(CN)(CC(C)C)OCCO. The van der Waals surface area contributed by atoms with Crippen LogP contribution < -0.4 is 5.73 Å². The number of aliphatic hydroxyl groups is 1. The van der Waals surface area contributed by atoms with E-state index >= 15 is 0 Å². The topological polar surface area (TPSA) is 55.5 Å². The maximum Gasteiger partial charge on any atom is 0.0810 e. The Balaban J connectivity index is 4.44. The molecule has 0 saturated heterocycles. The summed E-state index contributed by atoms with van der Waals surface area (Å²) in [6.07, 6.45) is 1.92. The summed E-state index contributed by atoms with van der Waals surface area (Å²) in [5.74, 6) is 1.12. The van der Waals surface area contributed by atoms with Crippen LogP contribution in [0.5, 0.6) is 0 Å². The van der Waals surface area contributed by atoms with E-state index in [0.29, 0.717) is 25.0 Å². The van der Waals surface area contributed by atoms with Gasteiger partial charge in [0.2, 0.25) is 0 Å². The Labute approximate surface area is 94.0 Å². The van der Waals surface area contributed by atoms with Gasteiger partial charge in [-0.2, -0.15) is 0 Å². The molecule has 0 spiro atoms. The van der Waals surface area contributed by atoms with Crippen LogP contribution in [0.3, 0.4) is 0 Å². The molecule has 0 aliphatic rings. The average molecular weight is 217 g/mol. The van der Waals surface area contributed by atoms with Crippen molar-refractivity contribution >= 4 is 0 Å². The van der Waals surface area contributed by atoms with Crippen molar-refractivity contribution in [2.24, 2.45) is 17.6 Å². The zero-order valence-electron chi connectivity index (χ0n) is 10.6. The molecule has 0 rings (SSSR count). The van der Waals surface area contributed by atoms with E-state index in [1.165, 1.54) is 0 Å². The summed E-state index contributed by atoms with van der Waals surface area (Å²) in [5.41, 5.74) is 5.59. The molecule has 0 atom stereocenters. The maximum atomic E-state index is 8.83. The first-order valence-corrected chi connectivity index (χ1v) is 5.90. The first kappa shape index (κ1) is 14.9. The van der Waals surface area contributed by atoms with Crippen molar-refractivity contribution in [2.75, 3.05) is 19.8 Å². The van der Waals surface area contributed by atoms with E-state index in [1.807, 2.05) is 0 Å². The predicted molar refractivity (Wildman–Crippen MR) is 63.7 cm³/mol. The summed E-state index contributed by atoms with van der Waals surface area (Å²) in [6.45, 7) is 9.68. The lowest BCUT2D eigenvalue weighted by molar-refractivity contribution is -0.0760. The van der Waals surface area contributed by atoms with Gasteiger partial charge in [-0.1, -0.05) is 27.7 Å². The van der Waals surface area contributed by atoms with Gasteiger partial charge in [0.05, 0.1) is 18.8 Å². The second kappa shape index (κ2) is 7.20. The summed E-state index contributed by atoms with van der Waals surface area (Å²) in [6, 6.07) is 0. The molecule has 0 aliphatic heterocycles. The molecular weight excluding hydrogens is 190 g/mol. The molecule has 0 amide bonds. The van der Waals surface area contributed by atoms with Crippen LogP contribution in [0.15, 0.2) is 0 Å². The van der Waals surface area contributed by atoms with Gasteiger partial charge >= 0.3 is 0 Å². The van der Waals surface area contributed by atoms with Crippen LogP contribution in [0.1, 0.15) is 40.5 Å². The number of aliphatic hydroxyl groups excluding tert-OH is 1.